The number of aromatic nitrogens is 2. The van der Waals surface area contributed by atoms with Crippen molar-refractivity contribution in [3.05, 3.63) is 34.6 Å². The minimum Gasteiger partial charge on any atom is -0.466 e. The van der Waals surface area contributed by atoms with Crippen LogP contribution >= 0.6 is 0 Å². The van der Waals surface area contributed by atoms with E-state index in [4.69, 9.17) is 14.5 Å². The highest BCUT2D eigenvalue weighted by Gasteiger charge is 2.70. The molecule has 1 aromatic heterocycles. The first-order valence-corrected chi connectivity index (χ1v) is 18.0. The number of nitrogens with zero attached hydrogens (tertiary/aromatic N) is 4. The number of ether oxygens (including phenoxy) is 2. The summed E-state index contributed by atoms with van der Waals surface area (Å²) < 4.78 is 12.6. The van der Waals surface area contributed by atoms with Gasteiger partial charge in [0, 0.05) is 49.8 Å². The second-order valence-corrected chi connectivity index (χ2v) is 15.0. The van der Waals surface area contributed by atoms with Crippen LogP contribution in [0, 0.1) is 29.6 Å². The summed E-state index contributed by atoms with van der Waals surface area (Å²) in [6, 6.07) is 9.34. The van der Waals surface area contributed by atoms with E-state index in [-0.39, 0.29) is 36.8 Å². The number of para-hydroxylation sites is 2. The normalized spacial score (nSPS) is 36.5. The molecule has 5 unspecified atom stereocenters. The van der Waals surface area contributed by atoms with E-state index in [0.29, 0.717) is 49.6 Å². The number of fused-ring (bicyclic) bond motifs is 4. The Hall–Kier alpha value is -2.98. The van der Waals surface area contributed by atoms with Gasteiger partial charge < -0.3 is 19.4 Å². The lowest BCUT2D eigenvalue weighted by atomic mass is 9.56. The second kappa shape index (κ2) is 11.9. The highest BCUT2D eigenvalue weighted by molar-refractivity contribution is 5.83. The quantitative estimate of drug-likeness (QED) is 0.386. The predicted octanol–water partition coefficient (Wildman–Crippen LogP) is 4.23. The first kappa shape index (κ1) is 30.4. The predicted molar refractivity (Wildman–Crippen MR) is 174 cm³/mol. The van der Waals surface area contributed by atoms with E-state index in [9.17, 15) is 14.4 Å². The zero-order valence-electron chi connectivity index (χ0n) is 27.4. The van der Waals surface area contributed by atoms with Gasteiger partial charge >= 0.3 is 11.9 Å². The molecule has 7 atom stereocenters. The van der Waals surface area contributed by atoms with Gasteiger partial charge in [0.15, 0.2) is 5.82 Å². The Labute approximate surface area is 271 Å². The number of hydrogen-bond donors (Lipinski definition) is 1. The van der Waals surface area contributed by atoms with E-state index in [1.165, 1.54) is 44.9 Å². The molecule has 10 heteroatoms. The van der Waals surface area contributed by atoms with Crippen molar-refractivity contribution in [3.8, 4) is 0 Å². The standard InChI is InChI=1S/C36H49N5O5/c1-3-45-34(43)28-20-39(21-29(28)35(44)46-4-2)13-12-37-32-33(42)40(31-11-6-5-10-30(31)38-32)27-17-25-8-7-9-26(18-27)41(25)36-19-22-14-23(36)16-24(36)15-22/h5-6,10-11,22-29H,3-4,7-9,12-21H2,1-2H3,(H,37,38)/t22?,23?,24?,25-,26?,27?,28+,29?,36?/m0/s1. The fourth-order valence-electron chi connectivity index (χ4n) is 11.2. The topological polar surface area (TPSA) is 106 Å². The van der Waals surface area contributed by atoms with Crippen molar-refractivity contribution in [2.75, 3.05) is 44.7 Å². The number of esters is 2. The summed E-state index contributed by atoms with van der Waals surface area (Å²) in [6.45, 7) is 5.97. The van der Waals surface area contributed by atoms with Crippen molar-refractivity contribution in [2.45, 2.75) is 95.3 Å². The van der Waals surface area contributed by atoms with Gasteiger partial charge in [-0.25, -0.2) is 4.98 Å². The van der Waals surface area contributed by atoms with Crippen molar-refractivity contribution in [3.63, 3.8) is 0 Å². The third-order valence-electron chi connectivity index (χ3n) is 12.7. The fraction of sp³-hybridized carbons (Fsp3) is 0.722. The molecule has 0 amide bonds. The maximum absolute atomic E-state index is 14.3. The average molecular weight is 632 g/mol. The van der Waals surface area contributed by atoms with E-state index in [0.717, 1.165) is 41.6 Å². The fourth-order valence-corrected chi connectivity index (χ4v) is 11.2. The molecule has 0 radical (unpaired) electrons. The summed E-state index contributed by atoms with van der Waals surface area (Å²) in [5, 5.41) is 3.36. The van der Waals surface area contributed by atoms with Gasteiger partial charge in [0.1, 0.15) is 0 Å². The number of rotatable bonds is 10. The maximum atomic E-state index is 14.3. The molecule has 3 aliphatic carbocycles. The number of likely N-dealkylation sites (tertiary alicyclic amines) is 1. The number of hydrogen-bond acceptors (Lipinski definition) is 9. The van der Waals surface area contributed by atoms with Crippen LogP contribution in [-0.2, 0) is 19.1 Å². The van der Waals surface area contributed by atoms with E-state index in [1.807, 2.05) is 18.2 Å². The maximum Gasteiger partial charge on any atom is 0.311 e. The number of piperidine rings is 2. The Morgan fingerprint density at radius 1 is 0.913 bits per heavy atom. The molecule has 4 bridgehead atoms. The number of nitrogens with one attached hydrogen (secondary N) is 1. The Bertz CT molecular complexity index is 1510. The van der Waals surface area contributed by atoms with Crippen LogP contribution in [0.25, 0.3) is 11.0 Å². The second-order valence-electron chi connectivity index (χ2n) is 15.0. The van der Waals surface area contributed by atoms with Gasteiger partial charge in [0.05, 0.1) is 36.1 Å². The number of benzene rings is 1. The molecule has 6 aliphatic rings. The summed E-state index contributed by atoms with van der Waals surface area (Å²) in [4.78, 5) is 49.5. The van der Waals surface area contributed by atoms with E-state index in [2.05, 4.69) is 25.8 Å². The van der Waals surface area contributed by atoms with Crippen LogP contribution in [0.4, 0.5) is 5.82 Å². The molecule has 248 valence electrons. The number of anilines is 1. The van der Waals surface area contributed by atoms with Crippen LogP contribution in [-0.4, -0.2) is 88.3 Å². The molecule has 6 fully saturated rings. The molecule has 10 nitrogen and oxygen atoms in total. The molecule has 46 heavy (non-hydrogen) atoms. The molecule has 8 rings (SSSR count). The first-order valence-electron chi connectivity index (χ1n) is 18.0. The van der Waals surface area contributed by atoms with Crippen LogP contribution in [0.5, 0.6) is 0 Å². The van der Waals surface area contributed by atoms with Crippen LogP contribution in [0.3, 0.4) is 0 Å². The van der Waals surface area contributed by atoms with Crippen molar-refractivity contribution < 1.29 is 19.1 Å². The lowest BCUT2D eigenvalue weighted by Gasteiger charge is -2.65. The summed E-state index contributed by atoms with van der Waals surface area (Å²) in [5.74, 6) is 1.33. The van der Waals surface area contributed by atoms with Gasteiger partial charge in [0.2, 0.25) is 0 Å². The molecule has 1 aromatic carbocycles. The van der Waals surface area contributed by atoms with Crippen molar-refractivity contribution >= 4 is 28.8 Å². The minimum absolute atomic E-state index is 0.0479. The van der Waals surface area contributed by atoms with Crippen molar-refractivity contribution in [1.82, 2.24) is 19.4 Å². The van der Waals surface area contributed by atoms with Gasteiger partial charge in [-0.3, -0.25) is 24.2 Å². The first-order chi connectivity index (χ1) is 22.4. The van der Waals surface area contributed by atoms with Crippen LogP contribution < -0.4 is 10.9 Å². The number of carbonyl (C=O) groups is 2. The molecule has 2 aromatic rings. The largest absolute Gasteiger partial charge is 0.466 e. The SMILES string of the molecule is CCOC(=O)C1CN(CCNc2nc3ccccc3n(C3CC4CCC[C@@H](C3)N4C34CC5CC3CC4C5)c2=O)C[C@H]1C(=O)OCC. The zero-order chi connectivity index (χ0) is 31.6. The Kier molecular flexibility index (Phi) is 7.87. The highest BCUT2D eigenvalue weighted by Crippen LogP contribution is 2.70. The lowest BCUT2D eigenvalue weighted by Crippen LogP contribution is -2.70. The Morgan fingerprint density at radius 3 is 2.17 bits per heavy atom. The molecule has 3 saturated carbocycles. The monoisotopic (exact) mass is 631 g/mol. The smallest absolute Gasteiger partial charge is 0.311 e. The van der Waals surface area contributed by atoms with Gasteiger partial charge in [-0.05, 0) is 95.1 Å². The molecular weight excluding hydrogens is 582 g/mol. The Morgan fingerprint density at radius 2 is 1.57 bits per heavy atom. The van der Waals surface area contributed by atoms with Crippen molar-refractivity contribution in [2.24, 2.45) is 29.6 Å². The summed E-state index contributed by atoms with van der Waals surface area (Å²) in [7, 11) is 0. The van der Waals surface area contributed by atoms with Gasteiger partial charge in [-0.15, -0.1) is 0 Å². The average Bonchev–Trinajstić information content (AvgIpc) is 3.68. The molecule has 0 spiro atoms. The van der Waals surface area contributed by atoms with Crippen LogP contribution in [0.1, 0.15) is 77.7 Å². The van der Waals surface area contributed by atoms with E-state index < -0.39 is 11.8 Å². The molecule has 3 saturated heterocycles. The Balaban J connectivity index is 1.00. The van der Waals surface area contributed by atoms with Crippen molar-refractivity contribution in [1.29, 1.82) is 0 Å². The molecular formula is C36H49N5O5. The van der Waals surface area contributed by atoms with Gasteiger partial charge in [-0.2, -0.15) is 0 Å². The molecule has 4 heterocycles. The summed E-state index contributed by atoms with van der Waals surface area (Å²) in [6.07, 6.45) is 11.6. The molecule has 3 aliphatic heterocycles. The lowest BCUT2D eigenvalue weighted by molar-refractivity contribution is -0.157. The number of carbonyl (C=O) groups excluding carboxylic acids is 2. The summed E-state index contributed by atoms with van der Waals surface area (Å²) in [5.41, 5.74) is 2.18. The van der Waals surface area contributed by atoms with Crippen LogP contribution in [0.2, 0.25) is 0 Å². The molecule has 1 N–H and O–H groups in total. The minimum atomic E-state index is -0.551. The van der Waals surface area contributed by atoms with E-state index in [1.54, 1.807) is 13.8 Å². The zero-order valence-corrected chi connectivity index (χ0v) is 27.4. The van der Waals surface area contributed by atoms with Crippen LogP contribution in [0.15, 0.2) is 29.1 Å². The summed E-state index contributed by atoms with van der Waals surface area (Å²) >= 11 is 0. The van der Waals surface area contributed by atoms with E-state index >= 15 is 0 Å². The third kappa shape index (κ3) is 4.80. The van der Waals surface area contributed by atoms with Gasteiger partial charge in [-0.1, -0.05) is 18.6 Å². The third-order valence-corrected chi connectivity index (χ3v) is 12.7. The highest BCUT2D eigenvalue weighted by atomic mass is 16.5. The van der Waals surface area contributed by atoms with Gasteiger partial charge in [0.25, 0.3) is 5.56 Å².